The average Bonchev–Trinajstić information content (AvgIpc) is 1.97. The largest absolute Gasteiger partial charge is 0.389 e. The summed E-state index contributed by atoms with van der Waals surface area (Å²) in [5.41, 5.74) is -0.726. The second kappa shape index (κ2) is 4.56. The summed E-state index contributed by atoms with van der Waals surface area (Å²) in [7, 11) is 0. The second-order valence-electron chi connectivity index (χ2n) is 4.01. The molecule has 0 radical (unpaired) electrons. The molecule has 1 aliphatic rings. The monoisotopic (exact) mass is 182 g/mol. The number of aliphatic hydroxyl groups is 1. The zero-order valence-corrected chi connectivity index (χ0v) is 8.25. The third-order valence-corrected chi connectivity index (χ3v) is 2.53. The molecule has 2 heteroatoms. The quantitative estimate of drug-likeness (QED) is 0.665. The Morgan fingerprint density at radius 2 is 2.08 bits per heavy atom. The van der Waals surface area contributed by atoms with Gasteiger partial charge in [0, 0.05) is 6.42 Å². The Kier molecular flexibility index (Phi) is 3.67. The highest BCUT2D eigenvalue weighted by Gasteiger charge is 2.27. The summed E-state index contributed by atoms with van der Waals surface area (Å²) < 4.78 is 0. The van der Waals surface area contributed by atoms with Crippen molar-refractivity contribution in [3.8, 4) is 0 Å². The number of allylic oxidation sites excluding steroid dienone is 2. The van der Waals surface area contributed by atoms with Crippen molar-refractivity contribution in [2.75, 3.05) is 0 Å². The van der Waals surface area contributed by atoms with Gasteiger partial charge in [-0.3, -0.25) is 4.79 Å². The minimum absolute atomic E-state index is 0.0899. The second-order valence-corrected chi connectivity index (χ2v) is 4.01. The molecule has 0 bridgehead atoms. The lowest BCUT2D eigenvalue weighted by Crippen LogP contribution is -2.31. The van der Waals surface area contributed by atoms with E-state index in [1.54, 1.807) is 6.92 Å². The molecule has 1 rings (SSSR count). The summed E-state index contributed by atoms with van der Waals surface area (Å²) in [5.74, 6) is 0.0899. The van der Waals surface area contributed by atoms with Gasteiger partial charge in [0.15, 0.2) is 0 Å². The standard InChI is InChI=1S/C11H18O2/c1-10(12)9-11(13)7-5-3-2-4-6-8-11/h2-3,13H,4-9H2,1H3/b3-2+/t11-/m1/s1. The van der Waals surface area contributed by atoms with E-state index >= 15 is 0 Å². The van der Waals surface area contributed by atoms with Gasteiger partial charge in [0.25, 0.3) is 0 Å². The molecule has 2 nitrogen and oxygen atoms in total. The number of hydrogen-bond donors (Lipinski definition) is 1. The van der Waals surface area contributed by atoms with E-state index in [2.05, 4.69) is 12.2 Å². The molecule has 1 atom stereocenters. The van der Waals surface area contributed by atoms with Crippen molar-refractivity contribution in [3.05, 3.63) is 12.2 Å². The van der Waals surface area contributed by atoms with Crippen molar-refractivity contribution in [3.63, 3.8) is 0 Å². The van der Waals surface area contributed by atoms with Crippen molar-refractivity contribution < 1.29 is 9.90 Å². The van der Waals surface area contributed by atoms with Gasteiger partial charge in [-0.1, -0.05) is 12.2 Å². The van der Waals surface area contributed by atoms with Crippen molar-refractivity contribution in [2.45, 2.75) is 51.0 Å². The molecule has 74 valence electrons. The van der Waals surface area contributed by atoms with Crippen LogP contribution in [0.3, 0.4) is 0 Å². The highest BCUT2D eigenvalue weighted by atomic mass is 16.3. The zero-order chi connectivity index (χ0) is 9.73. The fourth-order valence-electron chi connectivity index (χ4n) is 1.90. The number of carbonyl (C=O) groups excluding carboxylic acids is 1. The zero-order valence-electron chi connectivity index (χ0n) is 8.25. The molecule has 13 heavy (non-hydrogen) atoms. The lowest BCUT2D eigenvalue weighted by molar-refractivity contribution is -0.122. The smallest absolute Gasteiger partial charge is 0.132 e. The van der Waals surface area contributed by atoms with Crippen LogP contribution < -0.4 is 0 Å². The van der Waals surface area contributed by atoms with Gasteiger partial charge in [-0.25, -0.2) is 0 Å². The lowest BCUT2D eigenvalue weighted by atomic mass is 9.85. The van der Waals surface area contributed by atoms with Gasteiger partial charge in [-0.2, -0.15) is 0 Å². The Balaban J connectivity index is 2.53. The molecule has 0 fully saturated rings. The van der Waals surface area contributed by atoms with Crippen LogP contribution in [-0.4, -0.2) is 16.5 Å². The van der Waals surface area contributed by atoms with E-state index in [1.165, 1.54) is 0 Å². The van der Waals surface area contributed by atoms with Gasteiger partial charge in [0.2, 0.25) is 0 Å². The van der Waals surface area contributed by atoms with Gasteiger partial charge in [-0.15, -0.1) is 0 Å². The maximum absolute atomic E-state index is 10.9. The van der Waals surface area contributed by atoms with E-state index in [1.807, 2.05) is 0 Å². The molecular formula is C11H18O2. The Labute approximate surface area is 79.6 Å². The van der Waals surface area contributed by atoms with Crippen LogP contribution in [-0.2, 0) is 4.79 Å². The fraction of sp³-hybridized carbons (Fsp3) is 0.727. The minimum atomic E-state index is -0.726. The maximum atomic E-state index is 10.9. The SMILES string of the molecule is CC(=O)C[C@@]1(O)CC/C=C/CCC1. The van der Waals surface area contributed by atoms with Crippen LogP contribution in [0.15, 0.2) is 12.2 Å². The van der Waals surface area contributed by atoms with E-state index in [0.29, 0.717) is 6.42 Å². The van der Waals surface area contributed by atoms with E-state index in [9.17, 15) is 9.90 Å². The number of hydrogen-bond acceptors (Lipinski definition) is 2. The topological polar surface area (TPSA) is 37.3 Å². The molecule has 0 unspecified atom stereocenters. The first-order valence-electron chi connectivity index (χ1n) is 4.99. The van der Waals surface area contributed by atoms with Crippen LogP contribution >= 0.6 is 0 Å². The molecule has 0 saturated heterocycles. The molecule has 0 aliphatic heterocycles. The van der Waals surface area contributed by atoms with Crippen LogP contribution in [0.4, 0.5) is 0 Å². The van der Waals surface area contributed by atoms with E-state index in [-0.39, 0.29) is 5.78 Å². The Bertz CT molecular complexity index is 208. The predicted molar refractivity (Wildman–Crippen MR) is 52.5 cm³/mol. The van der Waals surface area contributed by atoms with Crippen LogP contribution in [0.1, 0.15) is 45.4 Å². The van der Waals surface area contributed by atoms with Crippen molar-refractivity contribution >= 4 is 5.78 Å². The number of rotatable bonds is 2. The normalized spacial score (nSPS) is 31.8. The number of carbonyl (C=O) groups is 1. The molecule has 1 N–H and O–H groups in total. The van der Waals surface area contributed by atoms with Crippen LogP contribution in [0.2, 0.25) is 0 Å². The maximum Gasteiger partial charge on any atom is 0.132 e. The third kappa shape index (κ3) is 3.73. The Hall–Kier alpha value is -0.630. The Morgan fingerprint density at radius 3 is 2.77 bits per heavy atom. The van der Waals surface area contributed by atoms with Gasteiger partial charge >= 0.3 is 0 Å². The molecule has 0 heterocycles. The van der Waals surface area contributed by atoms with Crippen LogP contribution in [0.5, 0.6) is 0 Å². The molecule has 0 spiro atoms. The summed E-state index contributed by atoms with van der Waals surface area (Å²) in [6.07, 6.45) is 8.97. The summed E-state index contributed by atoms with van der Waals surface area (Å²) in [6, 6.07) is 0. The highest BCUT2D eigenvalue weighted by molar-refractivity contribution is 5.76. The number of Topliss-reactive ketones (excluding diaryl/α,β-unsaturated/α-hetero) is 1. The molecule has 0 aromatic rings. The highest BCUT2D eigenvalue weighted by Crippen LogP contribution is 2.26. The molecule has 0 aromatic carbocycles. The first-order chi connectivity index (χ1) is 6.12. The van der Waals surface area contributed by atoms with Gasteiger partial charge in [0.05, 0.1) is 5.60 Å². The van der Waals surface area contributed by atoms with E-state index in [4.69, 9.17) is 0 Å². The Morgan fingerprint density at radius 1 is 1.38 bits per heavy atom. The molecular weight excluding hydrogens is 164 g/mol. The first kappa shape index (κ1) is 10.5. The molecule has 0 saturated carbocycles. The summed E-state index contributed by atoms with van der Waals surface area (Å²) in [4.78, 5) is 10.9. The molecule has 0 amide bonds. The van der Waals surface area contributed by atoms with Crippen molar-refractivity contribution in [2.24, 2.45) is 0 Å². The fourth-order valence-corrected chi connectivity index (χ4v) is 1.90. The van der Waals surface area contributed by atoms with Crippen LogP contribution in [0, 0.1) is 0 Å². The van der Waals surface area contributed by atoms with Gasteiger partial charge in [0.1, 0.15) is 5.78 Å². The minimum Gasteiger partial charge on any atom is -0.389 e. The van der Waals surface area contributed by atoms with E-state index in [0.717, 1.165) is 32.1 Å². The summed E-state index contributed by atoms with van der Waals surface area (Å²) in [6.45, 7) is 1.55. The molecule has 1 aliphatic carbocycles. The summed E-state index contributed by atoms with van der Waals surface area (Å²) in [5, 5.41) is 10.1. The van der Waals surface area contributed by atoms with Crippen molar-refractivity contribution in [1.29, 1.82) is 0 Å². The lowest BCUT2D eigenvalue weighted by Gasteiger charge is -2.27. The van der Waals surface area contributed by atoms with Crippen LogP contribution in [0.25, 0.3) is 0 Å². The van der Waals surface area contributed by atoms with Gasteiger partial charge < -0.3 is 5.11 Å². The van der Waals surface area contributed by atoms with Crippen molar-refractivity contribution in [1.82, 2.24) is 0 Å². The predicted octanol–water partition coefficient (Wildman–Crippen LogP) is 2.22. The third-order valence-electron chi connectivity index (χ3n) is 2.53. The number of ketones is 1. The van der Waals surface area contributed by atoms with E-state index < -0.39 is 5.60 Å². The summed E-state index contributed by atoms with van der Waals surface area (Å²) >= 11 is 0. The van der Waals surface area contributed by atoms with Gasteiger partial charge in [-0.05, 0) is 39.0 Å². The molecule has 0 aromatic heterocycles. The average molecular weight is 182 g/mol. The first-order valence-corrected chi connectivity index (χ1v) is 4.99.